The van der Waals surface area contributed by atoms with E-state index in [4.69, 9.17) is 9.84 Å². The van der Waals surface area contributed by atoms with Crippen LogP contribution in [-0.4, -0.2) is 10.1 Å². The Balaban J connectivity index is 1.75. The molecule has 0 fully saturated rings. The second-order valence-electron chi connectivity index (χ2n) is 4.62. The fraction of sp³-hybridized carbons (Fsp3) is 0.125. The SMILES string of the molecule is OCc1cc2cc(OCc3ccc(Br)cc3)ccc2[nH]1. The Labute approximate surface area is 125 Å². The van der Waals surface area contributed by atoms with E-state index in [9.17, 15) is 0 Å². The Bertz CT molecular complexity index is 719. The van der Waals surface area contributed by atoms with Crippen LogP contribution in [0.1, 0.15) is 11.3 Å². The summed E-state index contributed by atoms with van der Waals surface area (Å²) in [5.41, 5.74) is 2.94. The highest BCUT2D eigenvalue weighted by atomic mass is 79.9. The zero-order valence-corrected chi connectivity index (χ0v) is 12.4. The number of benzene rings is 2. The number of rotatable bonds is 4. The molecule has 0 amide bonds. The van der Waals surface area contributed by atoms with Gasteiger partial charge in [0.15, 0.2) is 0 Å². The van der Waals surface area contributed by atoms with E-state index in [2.05, 4.69) is 20.9 Å². The zero-order chi connectivity index (χ0) is 13.9. The third kappa shape index (κ3) is 2.86. The number of aromatic nitrogens is 1. The van der Waals surface area contributed by atoms with Crippen LogP contribution in [0.15, 0.2) is 53.0 Å². The van der Waals surface area contributed by atoms with Crippen LogP contribution in [0.4, 0.5) is 0 Å². The van der Waals surface area contributed by atoms with Crippen LogP contribution in [-0.2, 0) is 13.2 Å². The molecule has 2 N–H and O–H groups in total. The second kappa shape index (κ2) is 5.69. The van der Waals surface area contributed by atoms with Crippen LogP contribution in [0.3, 0.4) is 0 Å². The molecule has 0 radical (unpaired) electrons. The summed E-state index contributed by atoms with van der Waals surface area (Å²) in [6.45, 7) is 0.555. The maximum absolute atomic E-state index is 9.12. The standard InChI is InChI=1S/C16H14BrNO2/c17-13-3-1-11(2-4-13)10-20-15-5-6-16-12(8-15)7-14(9-19)18-16/h1-8,18-19H,9-10H2. The number of aliphatic hydroxyl groups excluding tert-OH is 1. The van der Waals surface area contributed by atoms with Gasteiger partial charge in [-0.2, -0.15) is 0 Å². The Kier molecular flexibility index (Phi) is 3.76. The molecule has 0 saturated carbocycles. The first kappa shape index (κ1) is 13.2. The Hall–Kier alpha value is -1.78. The lowest BCUT2D eigenvalue weighted by molar-refractivity contribution is 0.278. The van der Waals surface area contributed by atoms with Gasteiger partial charge < -0.3 is 14.8 Å². The molecule has 0 atom stereocenters. The topological polar surface area (TPSA) is 45.2 Å². The van der Waals surface area contributed by atoms with Crippen LogP contribution >= 0.6 is 15.9 Å². The molecule has 0 saturated heterocycles. The summed E-state index contributed by atoms with van der Waals surface area (Å²) in [6.07, 6.45) is 0. The molecule has 1 heterocycles. The number of fused-ring (bicyclic) bond motifs is 1. The monoisotopic (exact) mass is 331 g/mol. The van der Waals surface area contributed by atoms with Gasteiger partial charge in [0.2, 0.25) is 0 Å². The van der Waals surface area contributed by atoms with Gasteiger partial charge in [-0.25, -0.2) is 0 Å². The van der Waals surface area contributed by atoms with Gasteiger partial charge >= 0.3 is 0 Å². The first-order valence-electron chi connectivity index (χ1n) is 6.34. The van der Waals surface area contributed by atoms with Crippen LogP contribution < -0.4 is 4.74 Å². The molecule has 2 aromatic carbocycles. The minimum Gasteiger partial charge on any atom is -0.489 e. The van der Waals surface area contributed by atoms with E-state index in [-0.39, 0.29) is 6.61 Å². The van der Waals surface area contributed by atoms with Crippen molar-refractivity contribution in [3.8, 4) is 5.75 Å². The molecule has 0 unspecified atom stereocenters. The van der Waals surface area contributed by atoms with Crippen molar-refractivity contribution < 1.29 is 9.84 Å². The first-order chi connectivity index (χ1) is 9.74. The highest BCUT2D eigenvalue weighted by molar-refractivity contribution is 9.10. The van der Waals surface area contributed by atoms with E-state index in [0.717, 1.165) is 32.4 Å². The lowest BCUT2D eigenvalue weighted by Crippen LogP contribution is -1.94. The van der Waals surface area contributed by atoms with Crippen LogP contribution in [0.2, 0.25) is 0 Å². The van der Waals surface area contributed by atoms with Gasteiger partial charge in [-0.15, -0.1) is 0 Å². The molecule has 20 heavy (non-hydrogen) atoms. The fourth-order valence-corrected chi connectivity index (χ4v) is 2.36. The normalized spacial score (nSPS) is 10.9. The molecule has 0 aliphatic heterocycles. The number of ether oxygens (including phenoxy) is 1. The average molecular weight is 332 g/mol. The Morgan fingerprint density at radius 2 is 1.85 bits per heavy atom. The summed E-state index contributed by atoms with van der Waals surface area (Å²) in [5.74, 6) is 0.823. The number of H-pyrrole nitrogens is 1. The number of halogens is 1. The lowest BCUT2D eigenvalue weighted by Gasteiger charge is -2.06. The van der Waals surface area contributed by atoms with Gasteiger partial charge in [-0.1, -0.05) is 28.1 Å². The van der Waals surface area contributed by atoms with Crippen LogP contribution in [0.5, 0.6) is 5.75 Å². The highest BCUT2D eigenvalue weighted by Gasteiger charge is 2.02. The van der Waals surface area contributed by atoms with Crippen molar-refractivity contribution in [2.75, 3.05) is 0 Å². The maximum Gasteiger partial charge on any atom is 0.120 e. The van der Waals surface area contributed by atoms with E-state index in [1.54, 1.807) is 0 Å². The zero-order valence-electron chi connectivity index (χ0n) is 10.8. The summed E-state index contributed by atoms with van der Waals surface area (Å²) in [4.78, 5) is 3.14. The molecular formula is C16H14BrNO2. The van der Waals surface area contributed by atoms with Crippen molar-refractivity contribution in [1.29, 1.82) is 0 Å². The lowest BCUT2D eigenvalue weighted by atomic mass is 10.2. The van der Waals surface area contributed by atoms with E-state index < -0.39 is 0 Å². The largest absolute Gasteiger partial charge is 0.489 e. The third-order valence-electron chi connectivity index (χ3n) is 3.14. The Morgan fingerprint density at radius 3 is 2.60 bits per heavy atom. The van der Waals surface area contributed by atoms with Gasteiger partial charge in [-0.05, 0) is 42.0 Å². The fourth-order valence-electron chi connectivity index (χ4n) is 2.09. The number of aromatic amines is 1. The number of hydrogen-bond acceptors (Lipinski definition) is 2. The van der Waals surface area contributed by atoms with E-state index >= 15 is 0 Å². The van der Waals surface area contributed by atoms with Crippen molar-refractivity contribution in [2.45, 2.75) is 13.2 Å². The number of aliphatic hydroxyl groups is 1. The quantitative estimate of drug-likeness (QED) is 0.758. The minimum absolute atomic E-state index is 0.0176. The average Bonchev–Trinajstić information content (AvgIpc) is 2.89. The molecule has 0 aliphatic carbocycles. The van der Waals surface area contributed by atoms with Gasteiger partial charge in [0.1, 0.15) is 12.4 Å². The molecule has 1 aromatic heterocycles. The second-order valence-corrected chi connectivity index (χ2v) is 5.53. The number of nitrogens with one attached hydrogen (secondary N) is 1. The third-order valence-corrected chi connectivity index (χ3v) is 3.67. The molecule has 102 valence electrons. The molecule has 3 aromatic rings. The van der Waals surface area contributed by atoms with E-state index in [1.807, 2.05) is 48.5 Å². The number of hydrogen-bond donors (Lipinski definition) is 2. The van der Waals surface area contributed by atoms with Gasteiger partial charge in [0, 0.05) is 21.1 Å². The highest BCUT2D eigenvalue weighted by Crippen LogP contribution is 2.22. The molecule has 3 nitrogen and oxygen atoms in total. The van der Waals surface area contributed by atoms with Crippen LogP contribution in [0, 0.1) is 0 Å². The minimum atomic E-state index is 0.0176. The summed E-state index contributed by atoms with van der Waals surface area (Å²) >= 11 is 3.41. The smallest absolute Gasteiger partial charge is 0.120 e. The molecule has 0 aliphatic rings. The van der Waals surface area contributed by atoms with Crippen LogP contribution in [0.25, 0.3) is 10.9 Å². The predicted octanol–water partition coefficient (Wildman–Crippen LogP) is 4.00. The molecule has 4 heteroatoms. The predicted molar refractivity (Wildman–Crippen MR) is 82.7 cm³/mol. The van der Waals surface area contributed by atoms with Gasteiger partial charge in [-0.3, -0.25) is 0 Å². The molecular weight excluding hydrogens is 318 g/mol. The van der Waals surface area contributed by atoms with E-state index in [0.29, 0.717) is 6.61 Å². The van der Waals surface area contributed by atoms with E-state index in [1.165, 1.54) is 0 Å². The van der Waals surface area contributed by atoms with Crippen molar-refractivity contribution >= 4 is 26.8 Å². The maximum atomic E-state index is 9.12. The molecule has 0 spiro atoms. The summed E-state index contributed by atoms with van der Waals surface area (Å²) in [5, 5.41) is 10.2. The van der Waals surface area contributed by atoms with Gasteiger partial charge in [0.25, 0.3) is 0 Å². The summed E-state index contributed by atoms with van der Waals surface area (Å²) in [6, 6.07) is 15.9. The molecule has 3 rings (SSSR count). The summed E-state index contributed by atoms with van der Waals surface area (Å²) < 4.78 is 6.85. The van der Waals surface area contributed by atoms with Crippen molar-refractivity contribution in [3.63, 3.8) is 0 Å². The first-order valence-corrected chi connectivity index (χ1v) is 7.13. The molecule has 0 bridgehead atoms. The van der Waals surface area contributed by atoms with Crippen molar-refractivity contribution in [2.24, 2.45) is 0 Å². The van der Waals surface area contributed by atoms with Gasteiger partial charge in [0.05, 0.1) is 6.61 Å². The van der Waals surface area contributed by atoms with Crippen molar-refractivity contribution in [1.82, 2.24) is 4.98 Å². The Morgan fingerprint density at radius 1 is 1.05 bits per heavy atom. The summed E-state index contributed by atoms with van der Waals surface area (Å²) in [7, 11) is 0. The van der Waals surface area contributed by atoms with Crippen molar-refractivity contribution in [3.05, 3.63) is 64.3 Å².